The molecule has 1 aromatic carbocycles. The summed E-state index contributed by atoms with van der Waals surface area (Å²) in [7, 11) is 1.65. The van der Waals surface area contributed by atoms with Crippen molar-refractivity contribution in [1.82, 2.24) is 15.1 Å². The number of anilines is 1. The smallest absolute Gasteiger partial charge is 0.255 e. The quantitative estimate of drug-likeness (QED) is 0.806. The second-order valence-electron chi connectivity index (χ2n) is 4.00. The molecule has 2 aromatic rings. The Morgan fingerprint density at radius 1 is 1.56 bits per heavy atom. The number of benzene rings is 1. The van der Waals surface area contributed by atoms with Gasteiger partial charge in [-0.15, -0.1) is 0 Å². The maximum absolute atomic E-state index is 12.9. The van der Waals surface area contributed by atoms with Gasteiger partial charge in [0.15, 0.2) is 0 Å². The van der Waals surface area contributed by atoms with E-state index in [4.69, 9.17) is 5.73 Å². The Morgan fingerprint density at radius 3 is 2.94 bits per heavy atom. The predicted molar refractivity (Wildman–Crippen MR) is 65.2 cm³/mol. The molecule has 3 N–H and O–H groups in total. The van der Waals surface area contributed by atoms with E-state index >= 15 is 0 Å². The second kappa shape index (κ2) is 4.87. The number of amides is 1. The van der Waals surface area contributed by atoms with Crippen LogP contribution in [-0.2, 0) is 6.54 Å². The number of carbonyl (C=O) groups is 1. The molecular weight excluding hydrogens is 235 g/mol. The molecule has 1 amide bonds. The van der Waals surface area contributed by atoms with Crippen molar-refractivity contribution in [1.29, 1.82) is 0 Å². The van der Waals surface area contributed by atoms with Gasteiger partial charge in [-0.1, -0.05) is 0 Å². The summed E-state index contributed by atoms with van der Waals surface area (Å²) >= 11 is 0. The van der Waals surface area contributed by atoms with E-state index in [0.29, 0.717) is 12.1 Å². The number of rotatable bonds is 3. The van der Waals surface area contributed by atoms with E-state index < -0.39 is 5.82 Å². The minimum atomic E-state index is -0.457. The van der Waals surface area contributed by atoms with Gasteiger partial charge in [0.1, 0.15) is 5.82 Å². The van der Waals surface area contributed by atoms with Crippen LogP contribution in [0.2, 0.25) is 0 Å². The number of aromatic amines is 1. The SMILES string of the molecule is CN(Cc1cn[nH]c1)C(=O)c1ccc(F)cc1N. The van der Waals surface area contributed by atoms with E-state index in [-0.39, 0.29) is 11.6 Å². The van der Waals surface area contributed by atoms with Crippen LogP contribution in [0.5, 0.6) is 0 Å². The van der Waals surface area contributed by atoms with Gasteiger partial charge in [-0.25, -0.2) is 4.39 Å². The Labute approximate surface area is 103 Å². The van der Waals surface area contributed by atoms with Crippen LogP contribution in [-0.4, -0.2) is 28.1 Å². The summed E-state index contributed by atoms with van der Waals surface area (Å²) in [6.45, 7) is 0.409. The lowest BCUT2D eigenvalue weighted by molar-refractivity contribution is 0.0786. The zero-order valence-corrected chi connectivity index (χ0v) is 9.85. The molecule has 0 atom stereocenters. The molecule has 1 aromatic heterocycles. The van der Waals surface area contributed by atoms with E-state index in [2.05, 4.69) is 10.2 Å². The normalized spacial score (nSPS) is 10.3. The molecule has 0 aliphatic rings. The first-order valence-corrected chi connectivity index (χ1v) is 5.36. The fourth-order valence-corrected chi connectivity index (χ4v) is 1.64. The summed E-state index contributed by atoms with van der Waals surface area (Å²) in [5, 5.41) is 6.47. The highest BCUT2D eigenvalue weighted by Gasteiger charge is 2.15. The van der Waals surface area contributed by atoms with Gasteiger partial charge in [0.25, 0.3) is 5.91 Å². The van der Waals surface area contributed by atoms with Crippen LogP contribution in [0.25, 0.3) is 0 Å². The molecule has 94 valence electrons. The van der Waals surface area contributed by atoms with Crippen LogP contribution >= 0.6 is 0 Å². The summed E-state index contributed by atoms with van der Waals surface area (Å²) in [5.41, 5.74) is 6.94. The van der Waals surface area contributed by atoms with Crippen molar-refractivity contribution < 1.29 is 9.18 Å². The Kier molecular flexibility index (Phi) is 3.27. The van der Waals surface area contributed by atoms with E-state index in [1.165, 1.54) is 17.0 Å². The van der Waals surface area contributed by atoms with Gasteiger partial charge in [-0.2, -0.15) is 5.10 Å². The molecule has 5 nitrogen and oxygen atoms in total. The van der Waals surface area contributed by atoms with Crippen molar-refractivity contribution in [3.05, 3.63) is 47.5 Å². The van der Waals surface area contributed by atoms with Crippen LogP contribution < -0.4 is 5.73 Å². The molecule has 0 saturated heterocycles. The number of H-pyrrole nitrogens is 1. The molecule has 0 spiro atoms. The van der Waals surface area contributed by atoms with Gasteiger partial charge in [0.2, 0.25) is 0 Å². The van der Waals surface area contributed by atoms with Crippen LogP contribution in [0.3, 0.4) is 0 Å². The summed E-state index contributed by atoms with van der Waals surface area (Å²) in [5.74, 6) is -0.713. The number of carbonyl (C=O) groups excluding carboxylic acids is 1. The molecule has 18 heavy (non-hydrogen) atoms. The highest BCUT2D eigenvalue weighted by atomic mass is 19.1. The van der Waals surface area contributed by atoms with Crippen molar-refractivity contribution in [3.8, 4) is 0 Å². The fourth-order valence-electron chi connectivity index (χ4n) is 1.64. The molecule has 0 radical (unpaired) electrons. The average Bonchev–Trinajstić information content (AvgIpc) is 2.81. The summed E-state index contributed by atoms with van der Waals surface area (Å²) in [4.78, 5) is 13.6. The number of halogens is 1. The van der Waals surface area contributed by atoms with E-state index in [9.17, 15) is 9.18 Å². The average molecular weight is 248 g/mol. The number of nitrogens with zero attached hydrogens (tertiary/aromatic N) is 2. The fraction of sp³-hybridized carbons (Fsp3) is 0.167. The first-order valence-electron chi connectivity index (χ1n) is 5.36. The zero-order valence-electron chi connectivity index (χ0n) is 9.85. The Hall–Kier alpha value is -2.37. The first-order chi connectivity index (χ1) is 8.58. The highest BCUT2D eigenvalue weighted by molar-refractivity contribution is 5.98. The lowest BCUT2D eigenvalue weighted by atomic mass is 10.1. The van der Waals surface area contributed by atoms with Crippen LogP contribution in [0.15, 0.2) is 30.6 Å². The maximum atomic E-state index is 12.9. The van der Waals surface area contributed by atoms with Gasteiger partial charge >= 0.3 is 0 Å². The van der Waals surface area contributed by atoms with Crippen LogP contribution in [0.4, 0.5) is 10.1 Å². The molecular formula is C12H13FN4O. The maximum Gasteiger partial charge on any atom is 0.255 e. The van der Waals surface area contributed by atoms with E-state index in [0.717, 1.165) is 11.6 Å². The molecule has 0 aliphatic carbocycles. The Morgan fingerprint density at radius 2 is 2.33 bits per heavy atom. The summed E-state index contributed by atoms with van der Waals surface area (Å²) in [6, 6.07) is 3.74. The molecule has 6 heteroatoms. The lowest BCUT2D eigenvalue weighted by Crippen LogP contribution is -2.26. The largest absolute Gasteiger partial charge is 0.398 e. The standard InChI is InChI=1S/C12H13FN4O/c1-17(7-8-5-15-16-6-8)12(18)10-3-2-9(13)4-11(10)14/h2-6H,7,14H2,1H3,(H,15,16). The van der Waals surface area contributed by atoms with Gasteiger partial charge < -0.3 is 10.6 Å². The van der Waals surface area contributed by atoms with Gasteiger partial charge in [0.05, 0.1) is 11.8 Å². The molecule has 0 bridgehead atoms. The zero-order chi connectivity index (χ0) is 13.1. The topological polar surface area (TPSA) is 75.0 Å². The first kappa shape index (κ1) is 12.1. The van der Waals surface area contributed by atoms with Crippen molar-refractivity contribution in [2.24, 2.45) is 0 Å². The highest BCUT2D eigenvalue weighted by Crippen LogP contribution is 2.16. The number of nitrogens with one attached hydrogen (secondary N) is 1. The third kappa shape index (κ3) is 2.48. The van der Waals surface area contributed by atoms with Crippen molar-refractivity contribution >= 4 is 11.6 Å². The second-order valence-corrected chi connectivity index (χ2v) is 4.00. The predicted octanol–water partition coefficient (Wildman–Crippen LogP) is 1.40. The lowest BCUT2D eigenvalue weighted by Gasteiger charge is -2.17. The number of nitrogens with two attached hydrogens (primary N) is 1. The molecule has 0 fully saturated rings. The Balaban J connectivity index is 2.15. The minimum Gasteiger partial charge on any atom is -0.398 e. The van der Waals surface area contributed by atoms with Gasteiger partial charge in [-0.3, -0.25) is 9.89 Å². The third-order valence-electron chi connectivity index (χ3n) is 2.57. The van der Waals surface area contributed by atoms with Crippen LogP contribution in [0.1, 0.15) is 15.9 Å². The van der Waals surface area contributed by atoms with Crippen molar-refractivity contribution in [2.75, 3.05) is 12.8 Å². The number of hydrogen-bond donors (Lipinski definition) is 2. The summed E-state index contributed by atoms with van der Waals surface area (Å²) in [6.07, 6.45) is 3.34. The summed E-state index contributed by atoms with van der Waals surface area (Å²) < 4.78 is 12.9. The molecule has 1 heterocycles. The van der Waals surface area contributed by atoms with Crippen molar-refractivity contribution in [3.63, 3.8) is 0 Å². The van der Waals surface area contributed by atoms with Gasteiger partial charge in [-0.05, 0) is 18.2 Å². The van der Waals surface area contributed by atoms with Gasteiger partial charge in [0, 0.05) is 31.0 Å². The molecule has 0 aliphatic heterocycles. The molecule has 2 rings (SSSR count). The van der Waals surface area contributed by atoms with E-state index in [1.54, 1.807) is 19.4 Å². The monoisotopic (exact) mass is 248 g/mol. The number of hydrogen-bond acceptors (Lipinski definition) is 3. The number of aromatic nitrogens is 2. The minimum absolute atomic E-state index is 0.138. The third-order valence-corrected chi connectivity index (χ3v) is 2.57. The molecule has 0 unspecified atom stereocenters. The van der Waals surface area contributed by atoms with E-state index in [1.807, 2.05) is 0 Å². The molecule has 0 saturated carbocycles. The Bertz CT molecular complexity index is 553. The number of nitrogen functional groups attached to an aromatic ring is 1. The van der Waals surface area contributed by atoms with Crippen LogP contribution in [0, 0.1) is 5.82 Å². The van der Waals surface area contributed by atoms with Crippen molar-refractivity contribution in [2.45, 2.75) is 6.54 Å².